The molecule has 1 aromatic carbocycles. The Hall–Kier alpha value is -2.24. The van der Waals surface area contributed by atoms with Gasteiger partial charge in [-0.05, 0) is 18.1 Å². The summed E-state index contributed by atoms with van der Waals surface area (Å²) in [5.74, 6) is -1.30. The van der Waals surface area contributed by atoms with Gasteiger partial charge in [0.25, 0.3) is 5.91 Å². The van der Waals surface area contributed by atoms with Crippen molar-refractivity contribution in [3.63, 3.8) is 0 Å². The van der Waals surface area contributed by atoms with E-state index in [0.29, 0.717) is 5.75 Å². The lowest BCUT2D eigenvalue weighted by Gasteiger charge is -2.21. The fraction of sp³-hybridized carbons (Fsp3) is 0.429. The van der Waals surface area contributed by atoms with Crippen LogP contribution in [0.5, 0.6) is 11.5 Å². The summed E-state index contributed by atoms with van der Waals surface area (Å²) in [5.41, 5.74) is 0.0850. The number of phenolic OH excluding ortho intramolecular Hbond substituents is 1. The van der Waals surface area contributed by atoms with Crippen molar-refractivity contribution in [3.8, 4) is 11.5 Å². The number of aromatic hydroxyl groups is 1. The van der Waals surface area contributed by atoms with Crippen molar-refractivity contribution in [1.82, 2.24) is 5.32 Å². The van der Waals surface area contributed by atoms with Crippen molar-refractivity contribution < 1.29 is 24.5 Å². The van der Waals surface area contributed by atoms with Gasteiger partial charge in [0.15, 0.2) is 0 Å². The number of nitrogens with one attached hydrogen (secondary N) is 1. The lowest BCUT2D eigenvalue weighted by molar-refractivity contribution is -0.137. The second kappa shape index (κ2) is 6.79. The number of amides is 1. The number of hydrogen-bond donors (Lipinski definition) is 3. The number of benzene rings is 1. The van der Waals surface area contributed by atoms with Gasteiger partial charge in [-0.3, -0.25) is 9.59 Å². The Morgan fingerprint density at radius 3 is 2.45 bits per heavy atom. The van der Waals surface area contributed by atoms with Crippen molar-refractivity contribution >= 4 is 11.9 Å². The first kappa shape index (κ1) is 15.8. The van der Waals surface area contributed by atoms with Crippen molar-refractivity contribution in [1.29, 1.82) is 0 Å². The van der Waals surface area contributed by atoms with E-state index in [0.717, 1.165) is 0 Å². The van der Waals surface area contributed by atoms with Crippen LogP contribution < -0.4 is 10.1 Å². The highest BCUT2D eigenvalue weighted by Gasteiger charge is 2.21. The van der Waals surface area contributed by atoms with Crippen LogP contribution in [0.3, 0.4) is 0 Å². The van der Waals surface area contributed by atoms with Crippen LogP contribution in [0, 0.1) is 5.92 Å². The molecule has 1 atom stereocenters. The number of carboxylic acids is 1. The van der Waals surface area contributed by atoms with Crippen LogP contribution in [0.25, 0.3) is 0 Å². The van der Waals surface area contributed by atoms with E-state index in [4.69, 9.17) is 9.84 Å². The second-order valence-corrected chi connectivity index (χ2v) is 4.80. The molecule has 0 aliphatic rings. The molecule has 20 heavy (non-hydrogen) atoms. The van der Waals surface area contributed by atoms with E-state index in [9.17, 15) is 14.7 Å². The summed E-state index contributed by atoms with van der Waals surface area (Å²) in [6, 6.07) is 3.82. The number of rotatable bonds is 6. The predicted molar refractivity (Wildman–Crippen MR) is 73.0 cm³/mol. The normalized spacial score (nSPS) is 12.0. The second-order valence-electron chi connectivity index (χ2n) is 4.80. The maximum absolute atomic E-state index is 12.1. The zero-order chi connectivity index (χ0) is 15.3. The summed E-state index contributed by atoms with van der Waals surface area (Å²) >= 11 is 0. The molecule has 0 saturated heterocycles. The Kier molecular flexibility index (Phi) is 5.37. The molecule has 0 heterocycles. The van der Waals surface area contributed by atoms with Crippen molar-refractivity contribution in [2.45, 2.75) is 26.3 Å². The van der Waals surface area contributed by atoms with Crippen molar-refractivity contribution in [2.24, 2.45) is 5.92 Å². The van der Waals surface area contributed by atoms with Crippen LogP contribution in [-0.4, -0.2) is 35.2 Å². The first-order valence-electron chi connectivity index (χ1n) is 6.24. The highest BCUT2D eigenvalue weighted by molar-refractivity contribution is 5.97. The number of phenols is 1. The van der Waals surface area contributed by atoms with Crippen LogP contribution in [0.15, 0.2) is 18.2 Å². The van der Waals surface area contributed by atoms with E-state index in [1.807, 2.05) is 13.8 Å². The van der Waals surface area contributed by atoms with Crippen molar-refractivity contribution in [2.75, 3.05) is 7.11 Å². The monoisotopic (exact) mass is 281 g/mol. The van der Waals surface area contributed by atoms with E-state index in [1.165, 1.54) is 19.2 Å². The van der Waals surface area contributed by atoms with Crippen LogP contribution in [0.2, 0.25) is 0 Å². The number of hydrogen-bond acceptors (Lipinski definition) is 4. The molecule has 0 fully saturated rings. The summed E-state index contributed by atoms with van der Waals surface area (Å²) in [6.07, 6.45) is -0.166. The summed E-state index contributed by atoms with van der Waals surface area (Å²) in [6.45, 7) is 3.64. The van der Waals surface area contributed by atoms with Gasteiger partial charge in [-0.2, -0.15) is 0 Å². The highest BCUT2D eigenvalue weighted by atomic mass is 16.5. The molecule has 1 rings (SSSR count). The molecule has 1 aromatic rings. The predicted octanol–water partition coefficient (Wildman–Crippen LogP) is 1.63. The molecule has 0 bridgehead atoms. The molecule has 6 nitrogen and oxygen atoms in total. The summed E-state index contributed by atoms with van der Waals surface area (Å²) in [7, 11) is 1.45. The SMILES string of the molecule is COc1ccc(C(=O)NC(CC(=O)O)C(C)C)c(O)c1. The molecule has 0 saturated carbocycles. The first-order chi connectivity index (χ1) is 9.35. The van der Waals surface area contributed by atoms with E-state index in [2.05, 4.69) is 5.32 Å². The van der Waals surface area contributed by atoms with Gasteiger partial charge in [-0.25, -0.2) is 0 Å². The average molecular weight is 281 g/mol. The van der Waals surface area contributed by atoms with Gasteiger partial charge in [0.05, 0.1) is 19.1 Å². The number of carboxylic acid groups (broad SMARTS) is 1. The number of aliphatic carboxylic acids is 1. The van der Waals surface area contributed by atoms with Gasteiger partial charge in [0.2, 0.25) is 0 Å². The fourth-order valence-corrected chi connectivity index (χ4v) is 1.72. The summed E-state index contributed by atoms with van der Waals surface area (Å²) in [4.78, 5) is 22.8. The minimum absolute atomic E-state index is 0.0320. The van der Waals surface area contributed by atoms with E-state index in [-0.39, 0.29) is 23.7 Å². The molecular weight excluding hydrogens is 262 g/mol. The molecule has 0 aromatic heterocycles. The van der Waals surface area contributed by atoms with Gasteiger partial charge < -0.3 is 20.3 Å². The van der Waals surface area contributed by atoms with Crippen LogP contribution >= 0.6 is 0 Å². The third kappa shape index (κ3) is 4.15. The quantitative estimate of drug-likeness (QED) is 0.736. The Labute approximate surface area is 117 Å². The molecule has 1 amide bonds. The topological polar surface area (TPSA) is 95.9 Å². The molecule has 6 heteroatoms. The summed E-state index contributed by atoms with van der Waals surface area (Å²) in [5, 5.41) is 21.2. The molecule has 0 aliphatic carbocycles. The van der Waals surface area contributed by atoms with Crippen LogP contribution in [-0.2, 0) is 4.79 Å². The molecule has 110 valence electrons. The average Bonchev–Trinajstić information content (AvgIpc) is 2.36. The largest absolute Gasteiger partial charge is 0.507 e. The molecule has 0 spiro atoms. The number of ether oxygens (including phenoxy) is 1. The Balaban J connectivity index is 2.86. The van der Waals surface area contributed by atoms with E-state index >= 15 is 0 Å². The Morgan fingerprint density at radius 2 is 2.00 bits per heavy atom. The van der Waals surface area contributed by atoms with Gasteiger partial charge in [0, 0.05) is 12.1 Å². The number of carbonyl (C=O) groups is 2. The zero-order valence-electron chi connectivity index (χ0n) is 11.7. The first-order valence-corrected chi connectivity index (χ1v) is 6.24. The van der Waals surface area contributed by atoms with Gasteiger partial charge >= 0.3 is 5.97 Å². The minimum Gasteiger partial charge on any atom is -0.507 e. The molecule has 1 unspecified atom stereocenters. The minimum atomic E-state index is -0.983. The smallest absolute Gasteiger partial charge is 0.305 e. The molecule has 0 radical (unpaired) electrons. The number of carbonyl (C=O) groups excluding carboxylic acids is 1. The lowest BCUT2D eigenvalue weighted by Crippen LogP contribution is -2.40. The highest BCUT2D eigenvalue weighted by Crippen LogP contribution is 2.23. The third-order valence-corrected chi connectivity index (χ3v) is 2.97. The summed E-state index contributed by atoms with van der Waals surface area (Å²) < 4.78 is 4.93. The lowest BCUT2D eigenvalue weighted by atomic mass is 10.0. The molecular formula is C14H19NO5. The van der Waals surface area contributed by atoms with E-state index in [1.54, 1.807) is 6.07 Å². The Morgan fingerprint density at radius 1 is 1.35 bits per heavy atom. The van der Waals surface area contributed by atoms with Gasteiger partial charge in [-0.1, -0.05) is 13.8 Å². The maximum Gasteiger partial charge on any atom is 0.305 e. The van der Waals surface area contributed by atoms with Crippen LogP contribution in [0.4, 0.5) is 0 Å². The van der Waals surface area contributed by atoms with Crippen molar-refractivity contribution in [3.05, 3.63) is 23.8 Å². The third-order valence-electron chi connectivity index (χ3n) is 2.97. The van der Waals surface area contributed by atoms with Gasteiger partial charge in [-0.15, -0.1) is 0 Å². The van der Waals surface area contributed by atoms with E-state index < -0.39 is 17.9 Å². The maximum atomic E-state index is 12.1. The van der Waals surface area contributed by atoms with Crippen LogP contribution in [0.1, 0.15) is 30.6 Å². The molecule has 0 aliphatic heterocycles. The fourth-order valence-electron chi connectivity index (χ4n) is 1.72. The number of methoxy groups -OCH3 is 1. The zero-order valence-corrected chi connectivity index (χ0v) is 11.7. The Bertz CT molecular complexity index is 498. The standard InChI is InChI=1S/C14H19NO5/c1-8(2)11(7-13(17)18)15-14(19)10-5-4-9(20-3)6-12(10)16/h4-6,8,11,16H,7H2,1-3H3,(H,15,19)(H,17,18). The van der Waals surface area contributed by atoms with Gasteiger partial charge in [0.1, 0.15) is 11.5 Å². The molecule has 3 N–H and O–H groups in total.